The zero-order valence-corrected chi connectivity index (χ0v) is 20.6. The molecule has 4 aromatic rings. The third-order valence-electron chi connectivity index (χ3n) is 5.82. The first kappa shape index (κ1) is 25.8. The van der Waals surface area contributed by atoms with E-state index in [0.29, 0.717) is 5.39 Å². The molecule has 1 aliphatic heterocycles. The van der Waals surface area contributed by atoms with Crippen molar-refractivity contribution in [2.24, 2.45) is 0 Å². The van der Waals surface area contributed by atoms with Crippen molar-refractivity contribution < 1.29 is 35.5 Å². The van der Waals surface area contributed by atoms with Gasteiger partial charge in [-0.3, -0.25) is 9.36 Å². The Hall–Kier alpha value is -4.83. The average Bonchev–Trinajstić information content (AvgIpc) is 3.40. The molecule has 0 saturated heterocycles. The van der Waals surface area contributed by atoms with E-state index < -0.39 is 33.1 Å². The molecule has 2 heterocycles. The number of benzene rings is 3. The Morgan fingerprint density at radius 3 is 2.41 bits per heavy atom. The molecule has 0 atom stereocenters. The molecule has 0 spiro atoms. The molecule has 39 heavy (non-hydrogen) atoms. The second-order valence-corrected chi connectivity index (χ2v) is 9.88. The van der Waals surface area contributed by atoms with Crippen LogP contribution >= 0.6 is 0 Å². The van der Waals surface area contributed by atoms with Crippen LogP contribution in [0.5, 0.6) is 5.75 Å². The topological polar surface area (TPSA) is 101 Å². The molecule has 1 aromatic heterocycles. The van der Waals surface area contributed by atoms with Gasteiger partial charge in [-0.1, -0.05) is 12.1 Å². The number of halogens is 4. The summed E-state index contributed by atoms with van der Waals surface area (Å²) in [5.74, 6) is 1.57. The summed E-state index contributed by atoms with van der Waals surface area (Å²) in [6.07, 6.45) is -3.47. The van der Waals surface area contributed by atoms with E-state index in [1.807, 2.05) is 0 Å². The van der Waals surface area contributed by atoms with Gasteiger partial charge in [0.2, 0.25) is 12.1 Å². The highest BCUT2D eigenvalue weighted by Gasteiger charge is 2.30. The maximum Gasteiger partial charge on any atom is 0.578 e. The number of amidine groups is 1. The highest BCUT2D eigenvalue weighted by atomic mass is 32.2. The minimum atomic E-state index is -4.54. The zero-order chi connectivity index (χ0) is 27.9. The van der Waals surface area contributed by atoms with Crippen molar-refractivity contribution in [3.63, 3.8) is 0 Å². The lowest BCUT2D eigenvalue weighted by atomic mass is 10.0. The number of rotatable bonds is 5. The van der Waals surface area contributed by atoms with Crippen LogP contribution in [0.4, 0.5) is 17.6 Å². The van der Waals surface area contributed by atoms with Gasteiger partial charge in [-0.2, -0.15) is 21.6 Å². The maximum atomic E-state index is 15.3. The smallest absolute Gasteiger partial charge is 0.495 e. The van der Waals surface area contributed by atoms with Gasteiger partial charge in [-0.05, 0) is 48.0 Å². The Bertz CT molecular complexity index is 1900. The van der Waals surface area contributed by atoms with E-state index in [9.17, 15) is 26.4 Å². The molecule has 0 aliphatic carbocycles. The van der Waals surface area contributed by atoms with Crippen LogP contribution in [0.2, 0.25) is 0 Å². The molecule has 0 amide bonds. The summed E-state index contributed by atoms with van der Waals surface area (Å²) in [5, 5.41) is 0.325. The van der Waals surface area contributed by atoms with Crippen LogP contribution in [-0.4, -0.2) is 32.0 Å². The third kappa shape index (κ3) is 4.89. The zero-order valence-electron chi connectivity index (χ0n) is 19.8. The van der Waals surface area contributed by atoms with E-state index >= 15 is 4.39 Å². The SMILES string of the molecule is COc1cc(-c2ccc(C(F)(F)F)cc2)c(F)cc1-n1c(=O)ccc2cc(S(=O)(=O)NC3=[N+]=C=CO3)ccc21. The highest BCUT2D eigenvalue weighted by molar-refractivity contribution is 7.90. The number of ether oxygens (including phenoxy) is 2. The molecule has 1 aliphatic rings. The van der Waals surface area contributed by atoms with E-state index in [-0.39, 0.29) is 39.0 Å². The lowest BCUT2D eigenvalue weighted by molar-refractivity contribution is -0.137. The molecule has 0 fully saturated rings. The van der Waals surface area contributed by atoms with E-state index in [0.717, 1.165) is 41.2 Å². The summed E-state index contributed by atoms with van der Waals surface area (Å²) in [5.41, 5.74) is -1.07. The monoisotopic (exact) mass is 558 g/mol. The van der Waals surface area contributed by atoms with Crippen LogP contribution in [0.3, 0.4) is 0 Å². The van der Waals surface area contributed by atoms with Gasteiger partial charge in [-0.15, -0.1) is 9.39 Å². The van der Waals surface area contributed by atoms with E-state index in [2.05, 4.69) is 15.3 Å². The minimum Gasteiger partial charge on any atom is -0.495 e. The number of nitrogens with zero attached hydrogens (tertiary/aromatic N) is 2. The summed E-state index contributed by atoms with van der Waals surface area (Å²) in [6, 6.07) is 12.5. The van der Waals surface area contributed by atoms with Gasteiger partial charge in [0.05, 0.1) is 23.9 Å². The quantitative estimate of drug-likeness (QED) is 0.297. The summed E-state index contributed by atoms with van der Waals surface area (Å²) in [7, 11) is -2.81. The summed E-state index contributed by atoms with van der Waals surface area (Å²) in [4.78, 5) is 12.8. The van der Waals surface area contributed by atoms with Crippen molar-refractivity contribution in [3.05, 3.63) is 94.7 Å². The molecule has 5 rings (SSSR count). The third-order valence-corrected chi connectivity index (χ3v) is 7.14. The predicted molar refractivity (Wildman–Crippen MR) is 135 cm³/mol. The molecule has 0 unspecified atom stereocenters. The van der Waals surface area contributed by atoms with Gasteiger partial charge in [0, 0.05) is 23.1 Å². The van der Waals surface area contributed by atoms with Crippen molar-refractivity contribution in [1.82, 2.24) is 14.0 Å². The first-order chi connectivity index (χ1) is 18.5. The number of nitrogens with one attached hydrogen (secondary N) is 1. The number of fused-ring (bicyclic) bond motifs is 1. The Morgan fingerprint density at radius 1 is 1.03 bits per heavy atom. The van der Waals surface area contributed by atoms with Crippen LogP contribution in [-0.2, 0) is 20.9 Å². The Labute approximate surface area is 217 Å². The van der Waals surface area contributed by atoms with Crippen molar-refractivity contribution in [2.45, 2.75) is 11.1 Å². The van der Waals surface area contributed by atoms with Gasteiger partial charge in [0.1, 0.15) is 16.5 Å². The lowest BCUT2D eigenvalue weighted by Crippen LogP contribution is -2.32. The van der Waals surface area contributed by atoms with E-state index in [1.54, 1.807) is 0 Å². The average molecular weight is 558 g/mol. The Balaban J connectivity index is 1.60. The van der Waals surface area contributed by atoms with Gasteiger partial charge in [0.15, 0.2) is 0 Å². The second-order valence-electron chi connectivity index (χ2n) is 8.19. The molecule has 198 valence electrons. The van der Waals surface area contributed by atoms with Gasteiger partial charge >= 0.3 is 22.2 Å². The fraction of sp³-hybridized carbons (Fsp3) is 0.0769. The van der Waals surface area contributed by atoms with Crippen LogP contribution in [0.15, 0.2) is 82.7 Å². The van der Waals surface area contributed by atoms with Crippen LogP contribution in [0.25, 0.3) is 27.7 Å². The fourth-order valence-electron chi connectivity index (χ4n) is 4.00. The van der Waals surface area contributed by atoms with Crippen molar-refractivity contribution >= 4 is 32.8 Å². The molecular formula is C26H16F4N3O5S+. The molecule has 1 N–H and O–H groups in total. The van der Waals surface area contributed by atoms with E-state index in [1.165, 1.54) is 43.5 Å². The highest BCUT2D eigenvalue weighted by Crippen LogP contribution is 2.35. The fourth-order valence-corrected chi connectivity index (χ4v) is 4.97. The van der Waals surface area contributed by atoms with Crippen molar-refractivity contribution in [2.75, 3.05) is 7.11 Å². The van der Waals surface area contributed by atoms with Crippen LogP contribution < -0.4 is 19.7 Å². The van der Waals surface area contributed by atoms with Crippen LogP contribution in [0.1, 0.15) is 5.56 Å². The number of hydrogen-bond donors (Lipinski definition) is 1. The number of aromatic nitrogens is 1. The summed E-state index contributed by atoms with van der Waals surface area (Å²) in [6.45, 7) is 0. The Morgan fingerprint density at radius 2 is 1.77 bits per heavy atom. The standard InChI is InChI=1S/C26H15F4N3O5S/c1-37-23-13-19(15-2-5-17(6-3-15)26(28,29)30)20(27)14-22(23)33-21-8-7-18(12-16(21)4-9-24(33)34)39(35,36)32-25-31-10-11-38-25/h2-9,11-14H,1H3/p+1. The van der Waals surface area contributed by atoms with Crippen LogP contribution in [0, 0.1) is 5.82 Å². The molecule has 0 saturated carbocycles. The van der Waals surface area contributed by atoms with E-state index in [4.69, 9.17) is 9.47 Å². The number of sulfonamides is 1. The first-order valence-electron chi connectivity index (χ1n) is 11.0. The molecule has 8 nitrogen and oxygen atoms in total. The lowest BCUT2D eigenvalue weighted by Gasteiger charge is -2.16. The number of methoxy groups -OCH3 is 1. The Kier molecular flexibility index (Phi) is 6.27. The summed E-state index contributed by atoms with van der Waals surface area (Å²) >= 11 is 0. The predicted octanol–water partition coefficient (Wildman–Crippen LogP) is 3.74. The number of pyridine rings is 1. The first-order valence-corrected chi connectivity index (χ1v) is 12.5. The molecule has 0 radical (unpaired) electrons. The van der Waals surface area contributed by atoms with Crippen molar-refractivity contribution in [3.8, 4) is 22.6 Å². The van der Waals surface area contributed by atoms with Gasteiger partial charge in [-0.25, -0.2) is 4.39 Å². The normalized spacial score (nSPS) is 12.9. The largest absolute Gasteiger partial charge is 0.578 e. The molecule has 0 bridgehead atoms. The van der Waals surface area contributed by atoms with Gasteiger partial charge < -0.3 is 9.47 Å². The molecular weight excluding hydrogens is 542 g/mol. The number of alkyl halides is 3. The summed E-state index contributed by atoms with van der Waals surface area (Å²) < 4.78 is 96.7. The van der Waals surface area contributed by atoms with Crippen molar-refractivity contribution in [1.29, 1.82) is 0 Å². The molecule has 3 aromatic carbocycles. The second kappa shape index (κ2) is 9.48. The number of hydrogen-bond acceptors (Lipinski definition) is 5. The minimum absolute atomic E-state index is 0.00492. The molecule has 13 heteroatoms. The van der Waals surface area contributed by atoms with Gasteiger partial charge in [0.25, 0.3) is 5.56 Å². The maximum absolute atomic E-state index is 15.3.